The summed E-state index contributed by atoms with van der Waals surface area (Å²) in [7, 11) is 0. The first-order valence-electron chi connectivity index (χ1n) is 9.74. The Morgan fingerprint density at radius 2 is 1.61 bits per heavy atom. The number of nitrogens with one attached hydrogen (secondary N) is 2. The van der Waals surface area contributed by atoms with Gasteiger partial charge in [-0.05, 0) is 29.8 Å². The Balaban J connectivity index is 1.50. The lowest BCUT2D eigenvalue weighted by Crippen LogP contribution is -2.41. The average molecular weight is 492 g/mol. The van der Waals surface area contributed by atoms with Crippen LogP contribution in [-0.2, 0) is 4.79 Å². The number of hydrogen-bond acceptors (Lipinski definition) is 5. The topological polar surface area (TPSA) is 71.8 Å². The van der Waals surface area contributed by atoms with Gasteiger partial charge in [-0.3, -0.25) is 4.79 Å². The predicted molar refractivity (Wildman–Crippen MR) is 126 cm³/mol. The molecular weight excluding hydrogens is 474 g/mol. The van der Waals surface area contributed by atoms with Crippen LogP contribution in [0.5, 0.6) is 0 Å². The van der Waals surface area contributed by atoms with Gasteiger partial charge in [-0.25, -0.2) is 4.68 Å². The molecule has 0 aliphatic carbocycles. The molecule has 0 radical (unpaired) electrons. The molecule has 154 valence electrons. The molecule has 31 heavy (non-hydrogen) atoms. The number of carbonyl (C=O) groups is 1. The Morgan fingerprint density at radius 1 is 0.935 bits per heavy atom. The second-order valence-corrected chi connectivity index (χ2v) is 9.08. The first-order chi connectivity index (χ1) is 15.2. The third-order valence-corrected chi connectivity index (χ3v) is 6.74. The van der Waals surface area contributed by atoms with Crippen LogP contribution in [-0.4, -0.2) is 26.0 Å². The number of rotatable bonds is 4. The number of halogens is 1. The quantitative estimate of drug-likeness (QED) is 0.415. The van der Waals surface area contributed by atoms with E-state index in [9.17, 15) is 4.79 Å². The summed E-state index contributed by atoms with van der Waals surface area (Å²) >= 11 is 4.83. The minimum Gasteiger partial charge on any atom is -0.325 e. The molecule has 2 N–H and O–H groups in total. The zero-order valence-electron chi connectivity index (χ0n) is 16.3. The van der Waals surface area contributed by atoms with Crippen molar-refractivity contribution in [3.8, 4) is 11.4 Å². The van der Waals surface area contributed by atoms with Crippen molar-refractivity contribution in [2.24, 2.45) is 0 Å². The molecule has 8 heteroatoms. The van der Waals surface area contributed by atoms with Crippen LogP contribution in [0.1, 0.15) is 11.6 Å². The summed E-state index contributed by atoms with van der Waals surface area (Å²) in [4.78, 5) is 13.3. The van der Waals surface area contributed by atoms with Gasteiger partial charge in [0.15, 0.2) is 5.82 Å². The molecule has 3 aromatic carbocycles. The van der Waals surface area contributed by atoms with E-state index in [1.807, 2.05) is 89.6 Å². The largest absolute Gasteiger partial charge is 0.325 e. The van der Waals surface area contributed by atoms with Gasteiger partial charge in [0.1, 0.15) is 5.25 Å². The van der Waals surface area contributed by atoms with E-state index >= 15 is 0 Å². The fraction of sp³-hybridized carbons (Fsp3) is 0.0870. The summed E-state index contributed by atoms with van der Waals surface area (Å²) in [6, 6.07) is 27.2. The minimum absolute atomic E-state index is 0.0933. The SMILES string of the molecule is O=C(Nc1ccc(Br)cc1)C1Sc2nnc(-c3ccccc3)n2NC1c1ccccc1. The molecule has 1 aliphatic heterocycles. The van der Waals surface area contributed by atoms with Crippen LogP contribution in [0.15, 0.2) is 94.6 Å². The van der Waals surface area contributed by atoms with Crippen LogP contribution in [0.25, 0.3) is 11.4 Å². The van der Waals surface area contributed by atoms with Gasteiger partial charge in [0.05, 0.1) is 6.04 Å². The first kappa shape index (κ1) is 19.8. The molecule has 4 aromatic rings. The molecule has 0 saturated carbocycles. The standard InChI is InChI=1S/C23H18BrN5OS/c24-17-11-13-18(14-12-17)25-22(30)20-19(15-7-3-1-4-8-15)28-29-21(26-27-23(29)31-20)16-9-5-2-6-10-16/h1-14,19-20,28H,(H,25,30). The highest BCUT2D eigenvalue weighted by Gasteiger charge is 2.38. The lowest BCUT2D eigenvalue weighted by Gasteiger charge is -2.33. The monoisotopic (exact) mass is 491 g/mol. The first-order valence-corrected chi connectivity index (χ1v) is 11.4. The molecule has 2 atom stereocenters. The number of thioether (sulfide) groups is 1. The lowest BCUT2D eigenvalue weighted by molar-refractivity contribution is -0.116. The van der Waals surface area contributed by atoms with Gasteiger partial charge in [-0.1, -0.05) is 88.4 Å². The van der Waals surface area contributed by atoms with E-state index in [0.717, 1.165) is 27.1 Å². The van der Waals surface area contributed by atoms with E-state index in [2.05, 4.69) is 36.9 Å². The van der Waals surface area contributed by atoms with Gasteiger partial charge >= 0.3 is 0 Å². The lowest BCUT2D eigenvalue weighted by atomic mass is 10.0. The average Bonchev–Trinajstić information content (AvgIpc) is 3.24. The summed E-state index contributed by atoms with van der Waals surface area (Å²) in [5.41, 5.74) is 6.21. The van der Waals surface area contributed by atoms with Gasteiger partial charge in [0, 0.05) is 15.7 Å². The van der Waals surface area contributed by atoms with Crippen molar-refractivity contribution in [2.75, 3.05) is 10.7 Å². The Morgan fingerprint density at radius 3 is 2.32 bits per heavy atom. The van der Waals surface area contributed by atoms with E-state index in [4.69, 9.17) is 0 Å². The molecule has 1 aliphatic rings. The third kappa shape index (κ3) is 4.08. The normalized spacial score (nSPS) is 17.5. The van der Waals surface area contributed by atoms with Crippen molar-refractivity contribution in [1.82, 2.24) is 14.9 Å². The second-order valence-electron chi connectivity index (χ2n) is 7.06. The Hall–Kier alpha value is -3.10. The Kier molecular flexibility index (Phi) is 5.48. The maximum absolute atomic E-state index is 13.3. The molecule has 0 fully saturated rings. The molecule has 1 amide bonds. The number of nitrogens with zero attached hydrogens (tertiary/aromatic N) is 3. The fourth-order valence-electron chi connectivity index (χ4n) is 3.49. The van der Waals surface area contributed by atoms with Crippen molar-refractivity contribution in [3.05, 3.63) is 95.0 Å². The van der Waals surface area contributed by atoms with E-state index < -0.39 is 5.25 Å². The van der Waals surface area contributed by atoms with Crippen molar-refractivity contribution >= 4 is 39.3 Å². The number of amides is 1. The molecule has 2 heterocycles. The molecule has 1 aromatic heterocycles. The smallest absolute Gasteiger partial charge is 0.240 e. The van der Waals surface area contributed by atoms with E-state index in [0.29, 0.717) is 5.16 Å². The number of anilines is 1. The van der Waals surface area contributed by atoms with Crippen molar-refractivity contribution in [3.63, 3.8) is 0 Å². The number of carbonyl (C=O) groups excluding carboxylic acids is 1. The van der Waals surface area contributed by atoms with Crippen LogP contribution < -0.4 is 10.7 Å². The number of fused-ring (bicyclic) bond motifs is 1. The van der Waals surface area contributed by atoms with E-state index in [-0.39, 0.29) is 11.9 Å². The number of benzene rings is 3. The van der Waals surface area contributed by atoms with Gasteiger partial charge < -0.3 is 10.7 Å². The third-order valence-electron chi connectivity index (χ3n) is 5.00. The van der Waals surface area contributed by atoms with Gasteiger partial charge in [0.2, 0.25) is 11.1 Å². The zero-order chi connectivity index (χ0) is 21.2. The number of hydrogen-bond donors (Lipinski definition) is 2. The van der Waals surface area contributed by atoms with Gasteiger partial charge in [-0.2, -0.15) is 0 Å². The van der Waals surface area contributed by atoms with E-state index in [1.54, 1.807) is 0 Å². The maximum atomic E-state index is 13.3. The van der Waals surface area contributed by atoms with Crippen molar-refractivity contribution in [1.29, 1.82) is 0 Å². The molecule has 6 nitrogen and oxygen atoms in total. The maximum Gasteiger partial charge on any atom is 0.240 e. The summed E-state index contributed by atoms with van der Waals surface area (Å²) in [6.07, 6.45) is 0. The highest BCUT2D eigenvalue weighted by molar-refractivity contribution is 9.10. The molecule has 5 rings (SSSR count). The summed E-state index contributed by atoms with van der Waals surface area (Å²) in [5.74, 6) is 0.625. The Bertz CT molecular complexity index is 1200. The molecule has 0 saturated heterocycles. The molecule has 0 spiro atoms. The van der Waals surface area contributed by atoms with Crippen LogP contribution >= 0.6 is 27.7 Å². The van der Waals surface area contributed by atoms with Crippen molar-refractivity contribution < 1.29 is 4.79 Å². The molecule has 2 unspecified atom stereocenters. The van der Waals surface area contributed by atoms with Crippen LogP contribution in [0, 0.1) is 0 Å². The zero-order valence-corrected chi connectivity index (χ0v) is 18.7. The number of aromatic nitrogens is 3. The molecule has 0 bridgehead atoms. The Labute approximate surface area is 192 Å². The molecular formula is C23H18BrN5OS. The summed E-state index contributed by atoms with van der Waals surface area (Å²) in [5, 5.41) is 12.0. The highest BCUT2D eigenvalue weighted by Crippen LogP contribution is 2.39. The van der Waals surface area contributed by atoms with Crippen LogP contribution in [0.3, 0.4) is 0 Å². The highest BCUT2D eigenvalue weighted by atomic mass is 79.9. The van der Waals surface area contributed by atoms with E-state index in [1.165, 1.54) is 11.8 Å². The van der Waals surface area contributed by atoms with Crippen molar-refractivity contribution in [2.45, 2.75) is 16.4 Å². The predicted octanol–water partition coefficient (Wildman–Crippen LogP) is 5.11. The summed E-state index contributed by atoms with van der Waals surface area (Å²) < 4.78 is 2.84. The van der Waals surface area contributed by atoms with Gasteiger partial charge in [-0.15, -0.1) is 10.2 Å². The minimum atomic E-state index is -0.425. The van der Waals surface area contributed by atoms with Gasteiger partial charge in [0.25, 0.3) is 0 Å². The van der Waals surface area contributed by atoms with Crippen LogP contribution in [0.2, 0.25) is 0 Å². The van der Waals surface area contributed by atoms with Crippen LogP contribution in [0.4, 0.5) is 5.69 Å². The second kappa shape index (κ2) is 8.56. The fourth-order valence-corrected chi connectivity index (χ4v) is 4.83. The summed E-state index contributed by atoms with van der Waals surface area (Å²) in [6.45, 7) is 0.